The van der Waals surface area contributed by atoms with Crippen LogP contribution in [0.4, 0.5) is 0 Å². The third kappa shape index (κ3) is 5.66. The second-order valence-electron chi connectivity index (χ2n) is 2.42. The van der Waals surface area contributed by atoms with E-state index < -0.39 is 0 Å². The average molecular weight is 163 g/mol. The van der Waals surface area contributed by atoms with Gasteiger partial charge in [0.1, 0.15) is 0 Å². The van der Waals surface area contributed by atoms with Crippen molar-refractivity contribution < 1.29 is 0 Å². The fraction of sp³-hybridized carbons (Fsp3) is 0.364. The molecule has 1 nitrogen and oxygen atoms in total. The van der Waals surface area contributed by atoms with Crippen LogP contribution >= 0.6 is 0 Å². The van der Waals surface area contributed by atoms with Crippen molar-refractivity contribution in [3.05, 3.63) is 36.6 Å². The minimum atomic E-state index is 1.02. The van der Waals surface area contributed by atoms with Gasteiger partial charge in [-0.2, -0.15) is 0 Å². The molecule has 0 aromatic carbocycles. The molecule has 0 N–H and O–H groups in total. The molecule has 0 fully saturated rings. The molecule has 0 aliphatic heterocycles. The van der Waals surface area contributed by atoms with Crippen LogP contribution in [0.5, 0.6) is 0 Å². The Hall–Kier alpha value is -1.11. The Kier molecular flexibility index (Phi) is 7.25. The van der Waals surface area contributed by atoms with Crippen LogP contribution in [0.2, 0.25) is 0 Å². The molecule has 0 bridgehead atoms. The molecular weight excluding hydrogens is 146 g/mol. The largest absolute Gasteiger partial charge is 0.269 e. The highest BCUT2D eigenvalue weighted by Crippen LogP contribution is 2.06. The predicted molar refractivity (Wildman–Crippen MR) is 56.5 cm³/mol. The van der Waals surface area contributed by atoms with Crippen LogP contribution in [0.15, 0.2) is 41.6 Å². The maximum absolute atomic E-state index is 4.04. The molecule has 0 heterocycles. The van der Waals surface area contributed by atoms with Crippen molar-refractivity contribution in [2.45, 2.75) is 26.7 Å². The van der Waals surface area contributed by atoms with E-state index in [1.807, 2.05) is 26.1 Å². The summed E-state index contributed by atoms with van der Waals surface area (Å²) in [5.74, 6) is 0. The van der Waals surface area contributed by atoms with Crippen molar-refractivity contribution in [3.63, 3.8) is 0 Å². The predicted octanol–water partition coefficient (Wildman–Crippen LogP) is 3.50. The third-order valence-corrected chi connectivity index (χ3v) is 1.49. The normalized spacial score (nSPS) is 13.0. The second kappa shape index (κ2) is 7.99. The van der Waals surface area contributed by atoms with Gasteiger partial charge in [0.2, 0.25) is 0 Å². The molecule has 0 saturated heterocycles. The van der Waals surface area contributed by atoms with Gasteiger partial charge in [0.25, 0.3) is 0 Å². The first-order valence-electron chi connectivity index (χ1n) is 4.25. The summed E-state index contributed by atoms with van der Waals surface area (Å²) in [6.07, 6.45) is 11.8. The monoisotopic (exact) mass is 163 g/mol. The second-order valence-corrected chi connectivity index (χ2v) is 2.42. The first-order chi connectivity index (χ1) is 5.85. The summed E-state index contributed by atoms with van der Waals surface area (Å²) in [5, 5.41) is 0. The van der Waals surface area contributed by atoms with E-state index in [9.17, 15) is 0 Å². The van der Waals surface area contributed by atoms with Gasteiger partial charge in [0, 0.05) is 12.4 Å². The van der Waals surface area contributed by atoms with Gasteiger partial charge in [-0.1, -0.05) is 24.8 Å². The Balaban J connectivity index is 3.90. The van der Waals surface area contributed by atoms with Crippen molar-refractivity contribution in [2.75, 3.05) is 0 Å². The van der Waals surface area contributed by atoms with Crippen molar-refractivity contribution in [1.82, 2.24) is 0 Å². The highest BCUT2D eigenvalue weighted by Gasteiger charge is 1.87. The quantitative estimate of drug-likeness (QED) is 0.334. The van der Waals surface area contributed by atoms with E-state index in [1.165, 1.54) is 5.57 Å². The molecule has 66 valence electrons. The zero-order chi connectivity index (χ0) is 9.23. The molecule has 0 atom stereocenters. The summed E-state index contributed by atoms with van der Waals surface area (Å²) in [7, 11) is 0. The van der Waals surface area contributed by atoms with E-state index >= 15 is 0 Å². The van der Waals surface area contributed by atoms with Crippen molar-refractivity contribution in [3.8, 4) is 0 Å². The van der Waals surface area contributed by atoms with Crippen molar-refractivity contribution in [2.24, 2.45) is 4.99 Å². The summed E-state index contributed by atoms with van der Waals surface area (Å²) in [6, 6.07) is 0. The summed E-state index contributed by atoms with van der Waals surface area (Å²) >= 11 is 0. The number of hydrogen-bond acceptors (Lipinski definition) is 1. The standard InChI is InChI=1S/C11H17N/c1-4-7-8-9-11(5-2)10-12-6-3/h4-7,10H,2,8-9H2,1,3H3/b7-4+,11-10+,12-6-. The van der Waals surface area contributed by atoms with Crippen LogP contribution in [-0.2, 0) is 0 Å². The molecule has 0 aliphatic carbocycles. The number of nitrogens with zero attached hydrogens (tertiary/aromatic N) is 1. The average Bonchev–Trinajstić information content (AvgIpc) is 2.11. The van der Waals surface area contributed by atoms with E-state index in [4.69, 9.17) is 0 Å². The van der Waals surface area contributed by atoms with Crippen LogP contribution in [0.1, 0.15) is 26.7 Å². The fourth-order valence-corrected chi connectivity index (χ4v) is 0.806. The van der Waals surface area contributed by atoms with Gasteiger partial charge < -0.3 is 0 Å². The third-order valence-electron chi connectivity index (χ3n) is 1.49. The summed E-state index contributed by atoms with van der Waals surface area (Å²) in [5.41, 5.74) is 1.19. The van der Waals surface area contributed by atoms with Crippen LogP contribution in [-0.4, -0.2) is 6.21 Å². The lowest BCUT2D eigenvalue weighted by atomic mass is 10.1. The molecule has 12 heavy (non-hydrogen) atoms. The van der Waals surface area contributed by atoms with Crippen LogP contribution in [0, 0.1) is 0 Å². The number of rotatable bonds is 5. The Morgan fingerprint density at radius 2 is 2.17 bits per heavy atom. The van der Waals surface area contributed by atoms with Crippen molar-refractivity contribution >= 4 is 6.21 Å². The van der Waals surface area contributed by atoms with E-state index in [2.05, 4.69) is 23.7 Å². The number of hydrogen-bond donors (Lipinski definition) is 0. The van der Waals surface area contributed by atoms with Crippen molar-refractivity contribution in [1.29, 1.82) is 0 Å². The van der Waals surface area contributed by atoms with Gasteiger partial charge in [0.15, 0.2) is 0 Å². The molecule has 0 radical (unpaired) electrons. The Morgan fingerprint density at radius 3 is 2.67 bits per heavy atom. The topological polar surface area (TPSA) is 12.4 Å². The molecule has 0 aromatic heterocycles. The SMILES string of the molecule is C=C/C(=C\N=C/C)CC/C=C/C. The molecule has 0 rings (SSSR count). The highest BCUT2D eigenvalue weighted by molar-refractivity contribution is 5.54. The molecule has 0 saturated carbocycles. The first kappa shape index (κ1) is 10.9. The molecule has 0 unspecified atom stereocenters. The zero-order valence-corrected chi connectivity index (χ0v) is 7.96. The summed E-state index contributed by atoms with van der Waals surface area (Å²) in [6.45, 7) is 7.66. The number of aliphatic imine (C=N–C) groups is 1. The molecular formula is C11H17N. The Bertz CT molecular complexity index is 197. The Labute approximate surface area is 75.2 Å². The molecule has 0 amide bonds. The lowest BCUT2D eigenvalue weighted by Crippen LogP contribution is -1.76. The van der Waals surface area contributed by atoms with Gasteiger partial charge >= 0.3 is 0 Å². The smallest absolute Gasteiger partial charge is 0.0295 e. The molecule has 0 aromatic rings. The van der Waals surface area contributed by atoms with Crippen LogP contribution in [0.25, 0.3) is 0 Å². The van der Waals surface area contributed by atoms with Gasteiger partial charge in [-0.15, -0.1) is 0 Å². The lowest BCUT2D eigenvalue weighted by molar-refractivity contribution is 1.00. The van der Waals surface area contributed by atoms with E-state index in [0.29, 0.717) is 0 Å². The molecule has 1 heteroatoms. The summed E-state index contributed by atoms with van der Waals surface area (Å²) < 4.78 is 0. The van der Waals surface area contributed by atoms with Gasteiger partial charge in [-0.25, -0.2) is 0 Å². The first-order valence-corrected chi connectivity index (χ1v) is 4.25. The van der Waals surface area contributed by atoms with Gasteiger partial charge in [-0.3, -0.25) is 4.99 Å². The van der Waals surface area contributed by atoms with Crippen LogP contribution in [0.3, 0.4) is 0 Å². The molecule has 0 aliphatic rings. The highest BCUT2D eigenvalue weighted by atomic mass is 14.7. The van der Waals surface area contributed by atoms with E-state index in [1.54, 1.807) is 6.21 Å². The maximum Gasteiger partial charge on any atom is 0.0295 e. The lowest BCUT2D eigenvalue weighted by Gasteiger charge is -1.95. The summed E-state index contributed by atoms with van der Waals surface area (Å²) in [4.78, 5) is 4.04. The Morgan fingerprint density at radius 1 is 1.42 bits per heavy atom. The molecule has 0 spiro atoms. The number of allylic oxidation sites excluding steroid dienone is 4. The fourth-order valence-electron chi connectivity index (χ4n) is 0.806. The van der Waals surface area contributed by atoms with Gasteiger partial charge in [-0.05, 0) is 32.3 Å². The van der Waals surface area contributed by atoms with Gasteiger partial charge in [0.05, 0.1) is 0 Å². The maximum atomic E-state index is 4.04. The minimum Gasteiger partial charge on any atom is -0.269 e. The van der Waals surface area contributed by atoms with Crippen LogP contribution < -0.4 is 0 Å². The van der Waals surface area contributed by atoms with E-state index in [-0.39, 0.29) is 0 Å². The zero-order valence-electron chi connectivity index (χ0n) is 7.96. The minimum absolute atomic E-state index is 1.02. The van der Waals surface area contributed by atoms with E-state index in [0.717, 1.165) is 12.8 Å².